The summed E-state index contributed by atoms with van der Waals surface area (Å²) in [5.74, 6) is 0.655. The lowest BCUT2D eigenvalue weighted by Gasteiger charge is -2.48. The monoisotopic (exact) mass is 436 g/mol. The van der Waals surface area contributed by atoms with Crippen molar-refractivity contribution in [2.45, 2.75) is 57.7 Å². The van der Waals surface area contributed by atoms with Crippen molar-refractivity contribution >= 4 is 16.9 Å². The fourth-order valence-corrected chi connectivity index (χ4v) is 4.75. The molecule has 1 fully saturated rings. The minimum Gasteiger partial charge on any atom is -0.333 e. The van der Waals surface area contributed by atoms with Crippen LogP contribution in [0.15, 0.2) is 46.0 Å². The largest absolute Gasteiger partial charge is 0.333 e. The van der Waals surface area contributed by atoms with Gasteiger partial charge in [0.05, 0.1) is 11.0 Å². The molecule has 1 aliphatic rings. The van der Waals surface area contributed by atoms with Crippen molar-refractivity contribution < 1.29 is 0 Å². The van der Waals surface area contributed by atoms with Crippen molar-refractivity contribution in [3.05, 3.63) is 62.8 Å². The molecule has 0 radical (unpaired) electrons. The van der Waals surface area contributed by atoms with E-state index in [2.05, 4.69) is 39.5 Å². The Morgan fingerprint density at radius 3 is 2.44 bits per heavy atom. The second kappa shape index (κ2) is 9.24. The van der Waals surface area contributed by atoms with Gasteiger partial charge in [-0.05, 0) is 50.3 Å². The SMILES string of the molecule is CCCNC1(N(Cc2ccccc2)c2cc3c(=O)n(C)c(=O)n(C)c3nn2)CCCCC1. The van der Waals surface area contributed by atoms with E-state index in [0.717, 1.165) is 43.2 Å². The van der Waals surface area contributed by atoms with Gasteiger partial charge in [0.25, 0.3) is 5.56 Å². The molecule has 1 aromatic carbocycles. The van der Waals surface area contributed by atoms with Crippen LogP contribution in [0.25, 0.3) is 11.0 Å². The highest BCUT2D eigenvalue weighted by Gasteiger charge is 2.38. The Balaban J connectivity index is 1.88. The van der Waals surface area contributed by atoms with E-state index < -0.39 is 5.69 Å². The summed E-state index contributed by atoms with van der Waals surface area (Å²) < 4.78 is 2.50. The van der Waals surface area contributed by atoms with Gasteiger partial charge in [0, 0.05) is 20.6 Å². The molecule has 2 heterocycles. The second-order valence-corrected chi connectivity index (χ2v) is 8.74. The van der Waals surface area contributed by atoms with Gasteiger partial charge in [0.15, 0.2) is 11.5 Å². The first kappa shape index (κ1) is 22.2. The summed E-state index contributed by atoms with van der Waals surface area (Å²) >= 11 is 0. The zero-order chi connectivity index (χ0) is 22.7. The summed E-state index contributed by atoms with van der Waals surface area (Å²) in [5, 5.41) is 13.1. The molecule has 0 atom stereocenters. The normalized spacial score (nSPS) is 15.7. The number of aromatic nitrogens is 4. The van der Waals surface area contributed by atoms with Crippen molar-refractivity contribution in [1.29, 1.82) is 0 Å². The Kier molecular flexibility index (Phi) is 6.41. The first-order valence-corrected chi connectivity index (χ1v) is 11.5. The average Bonchev–Trinajstić information content (AvgIpc) is 2.84. The predicted molar refractivity (Wildman–Crippen MR) is 127 cm³/mol. The smallest absolute Gasteiger partial charge is 0.332 e. The number of benzene rings is 1. The van der Waals surface area contributed by atoms with E-state index in [4.69, 9.17) is 0 Å². The number of aryl methyl sites for hydroxylation is 1. The highest BCUT2D eigenvalue weighted by Crippen LogP contribution is 2.35. The highest BCUT2D eigenvalue weighted by atomic mass is 16.2. The van der Waals surface area contributed by atoms with Gasteiger partial charge >= 0.3 is 5.69 Å². The Hall–Kier alpha value is -3.00. The highest BCUT2D eigenvalue weighted by molar-refractivity contribution is 5.76. The molecule has 1 saturated carbocycles. The van der Waals surface area contributed by atoms with Gasteiger partial charge in [0.2, 0.25) is 0 Å². The van der Waals surface area contributed by atoms with Gasteiger partial charge in [-0.1, -0.05) is 43.7 Å². The molecule has 0 amide bonds. The molecule has 1 N–H and O–H groups in total. The standard InChI is InChI=1S/C24H32N6O2/c1-4-15-25-24(13-9-6-10-14-24)30(17-18-11-7-5-8-12-18)20-16-19-21(27-26-20)28(2)23(32)29(3)22(19)31/h5,7-8,11-12,16,25H,4,6,9-10,13-15,17H2,1-3H3. The molecule has 3 aromatic rings. The zero-order valence-corrected chi connectivity index (χ0v) is 19.2. The Bertz CT molecular complexity index is 1190. The van der Waals surface area contributed by atoms with Crippen LogP contribution >= 0.6 is 0 Å². The lowest BCUT2D eigenvalue weighted by molar-refractivity contribution is 0.216. The van der Waals surface area contributed by atoms with Gasteiger partial charge in [-0.3, -0.25) is 19.2 Å². The Labute approximate surface area is 187 Å². The third kappa shape index (κ3) is 4.07. The zero-order valence-electron chi connectivity index (χ0n) is 19.2. The lowest BCUT2D eigenvalue weighted by Crippen LogP contribution is -2.60. The van der Waals surface area contributed by atoms with Crippen LogP contribution in [0.1, 0.15) is 51.0 Å². The minimum atomic E-state index is -0.404. The van der Waals surface area contributed by atoms with E-state index in [-0.39, 0.29) is 11.2 Å². The van der Waals surface area contributed by atoms with Crippen LogP contribution in [0.3, 0.4) is 0 Å². The molecule has 0 bridgehead atoms. The van der Waals surface area contributed by atoms with Gasteiger partial charge in [0.1, 0.15) is 0 Å². The fourth-order valence-electron chi connectivity index (χ4n) is 4.75. The van der Waals surface area contributed by atoms with Gasteiger partial charge < -0.3 is 4.90 Å². The summed E-state index contributed by atoms with van der Waals surface area (Å²) in [5.41, 5.74) is 0.474. The molecule has 0 aliphatic heterocycles. The maximum atomic E-state index is 12.9. The number of nitrogens with one attached hydrogen (secondary N) is 1. The molecule has 8 nitrogen and oxygen atoms in total. The van der Waals surface area contributed by atoms with Crippen LogP contribution in [0.4, 0.5) is 5.82 Å². The number of nitrogens with zero attached hydrogens (tertiary/aromatic N) is 5. The molecule has 2 aromatic heterocycles. The average molecular weight is 437 g/mol. The van der Waals surface area contributed by atoms with Gasteiger partial charge in [-0.15, -0.1) is 10.2 Å². The second-order valence-electron chi connectivity index (χ2n) is 8.74. The Morgan fingerprint density at radius 1 is 1.03 bits per heavy atom. The predicted octanol–water partition coefficient (Wildman–Crippen LogP) is 2.69. The maximum absolute atomic E-state index is 12.9. The molecule has 32 heavy (non-hydrogen) atoms. The molecule has 1 aliphatic carbocycles. The summed E-state index contributed by atoms with van der Waals surface area (Å²) in [4.78, 5) is 27.5. The van der Waals surface area contributed by atoms with Gasteiger partial charge in [-0.2, -0.15) is 0 Å². The van der Waals surface area contributed by atoms with Gasteiger partial charge in [-0.25, -0.2) is 4.79 Å². The topological polar surface area (TPSA) is 85.0 Å². The number of fused-ring (bicyclic) bond motifs is 1. The van der Waals surface area contributed by atoms with E-state index in [9.17, 15) is 9.59 Å². The number of rotatable bonds is 7. The number of hydrogen-bond donors (Lipinski definition) is 1. The van der Waals surface area contributed by atoms with Crippen LogP contribution in [0, 0.1) is 0 Å². The van der Waals surface area contributed by atoms with Crippen molar-refractivity contribution in [2.24, 2.45) is 14.1 Å². The minimum absolute atomic E-state index is 0.252. The quantitative estimate of drug-likeness (QED) is 0.573. The van der Waals surface area contributed by atoms with E-state index in [1.807, 2.05) is 18.2 Å². The summed E-state index contributed by atoms with van der Waals surface area (Å²) in [6.45, 7) is 3.73. The molecule has 170 valence electrons. The summed E-state index contributed by atoms with van der Waals surface area (Å²) in [7, 11) is 3.11. The van der Waals surface area contributed by atoms with Crippen molar-refractivity contribution in [3.8, 4) is 0 Å². The van der Waals surface area contributed by atoms with Crippen LogP contribution in [0.5, 0.6) is 0 Å². The summed E-state index contributed by atoms with van der Waals surface area (Å²) in [6.07, 6.45) is 6.54. The number of hydrogen-bond acceptors (Lipinski definition) is 6. The first-order valence-electron chi connectivity index (χ1n) is 11.5. The number of anilines is 1. The fraction of sp³-hybridized carbons (Fsp3) is 0.500. The van der Waals surface area contributed by atoms with Crippen molar-refractivity contribution in [3.63, 3.8) is 0 Å². The van der Waals surface area contributed by atoms with Crippen molar-refractivity contribution in [2.75, 3.05) is 11.4 Å². The van der Waals surface area contributed by atoms with E-state index in [1.54, 1.807) is 13.1 Å². The van der Waals surface area contributed by atoms with Crippen LogP contribution in [-0.4, -0.2) is 31.5 Å². The molecule has 8 heteroatoms. The van der Waals surface area contributed by atoms with E-state index >= 15 is 0 Å². The third-order valence-electron chi connectivity index (χ3n) is 6.55. The van der Waals surface area contributed by atoms with E-state index in [0.29, 0.717) is 23.4 Å². The summed E-state index contributed by atoms with van der Waals surface area (Å²) in [6, 6.07) is 12.1. The van der Waals surface area contributed by atoms with Crippen LogP contribution < -0.4 is 21.5 Å². The molecule has 4 rings (SSSR count). The molecular weight excluding hydrogens is 404 g/mol. The van der Waals surface area contributed by atoms with Crippen LogP contribution in [-0.2, 0) is 20.6 Å². The Morgan fingerprint density at radius 2 is 1.75 bits per heavy atom. The first-order chi connectivity index (χ1) is 15.5. The molecule has 0 saturated heterocycles. The van der Waals surface area contributed by atoms with E-state index in [1.165, 1.54) is 23.6 Å². The lowest BCUT2D eigenvalue weighted by atomic mass is 9.86. The molecular formula is C24H32N6O2. The maximum Gasteiger partial charge on any atom is 0.332 e. The molecule has 0 unspecified atom stereocenters. The van der Waals surface area contributed by atoms with Crippen LogP contribution in [0.2, 0.25) is 0 Å². The third-order valence-corrected chi connectivity index (χ3v) is 6.55. The molecule has 0 spiro atoms. The van der Waals surface area contributed by atoms with Crippen molar-refractivity contribution in [1.82, 2.24) is 24.6 Å².